The molecule has 6 heterocycles. The minimum absolute atomic E-state index is 0.168. The molecule has 2 aliphatic heterocycles. The predicted molar refractivity (Wildman–Crippen MR) is 255 cm³/mol. The van der Waals surface area contributed by atoms with E-state index in [2.05, 4.69) is 54.4 Å². The third kappa shape index (κ3) is 7.75. The smallest absolute Gasteiger partial charge is 0.350 e. The zero-order chi connectivity index (χ0) is 47.5. The lowest BCUT2D eigenvalue weighted by molar-refractivity contribution is -0.128. The van der Waals surface area contributed by atoms with Crippen LogP contribution < -0.4 is 32.6 Å². The van der Waals surface area contributed by atoms with Gasteiger partial charge >= 0.3 is 11.4 Å². The first-order valence-electron chi connectivity index (χ1n) is 23.4. The summed E-state index contributed by atoms with van der Waals surface area (Å²) in [5.41, 5.74) is 11.9. The molecule has 68 heavy (non-hydrogen) atoms. The molecule has 3 fully saturated rings. The fraction of sp³-hybridized carbons (Fsp3) is 0.380. The van der Waals surface area contributed by atoms with Crippen LogP contribution in [0.1, 0.15) is 96.7 Å². The number of carbonyl (C=O) groups is 3. The number of nitrogens with one attached hydrogen (secondary N) is 2. The van der Waals surface area contributed by atoms with E-state index in [1.165, 1.54) is 23.1 Å². The number of anilines is 2. The Labute approximate surface area is 390 Å². The summed E-state index contributed by atoms with van der Waals surface area (Å²) in [6.45, 7) is 4.23. The molecule has 7 aromatic rings. The van der Waals surface area contributed by atoms with Crippen molar-refractivity contribution in [3.8, 4) is 16.9 Å². The zero-order valence-corrected chi connectivity index (χ0v) is 38.2. The molecule has 2 saturated heterocycles. The maximum Gasteiger partial charge on any atom is 0.350 e. The van der Waals surface area contributed by atoms with Crippen LogP contribution in [0.2, 0.25) is 0 Å². The molecule has 1 aliphatic carbocycles. The first-order valence-corrected chi connectivity index (χ1v) is 23.4. The Morgan fingerprint density at radius 3 is 2.37 bits per heavy atom. The van der Waals surface area contributed by atoms with Crippen molar-refractivity contribution < 1.29 is 23.9 Å². The molecule has 3 aromatic carbocycles. The second kappa shape index (κ2) is 17.7. The molecule has 5 N–H and O–H groups in total. The molecule has 0 bridgehead atoms. The lowest BCUT2D eigenvalue weighted by Gasteiger charge is -2.40. The Bertz CT molecular complexity index is 3260. The lowest BCUT2D eigenvalue weighted by atomic mass is 9.70. The van der Waals surface area contributed by atoms with Gasteiger partial charge < -0.3 is 30.9 Å². The van der Waals surface area contributed by atoms with E-state index in [-0.39, 0.29) is 46.6 Å². The second-order valence-corrected chi connectivity index (χ2v) is 18.5. The molecule has 2 unspecified atom stereocenters. The highest BCUT2D eigenvalue weighted by atomic mass is 19.1. The van der Waals surface area contributed by atoms with Crippen molar-refractivity contribution in [2.24, 2.45) is 31.7 Å². The van der Waals surface area contributed by atoms with Gasteiger partial charge in [-0.1, -0.05) is 12.1 Å². The number of halogens is 1. The fourth-order valence-corrected chi connectivity index (χ4v) is 11.3. The van der Waals surface area contributed by atoms with E-state index in [0.717, 1.165) is 102 Å². The number of hydrogen-bond acceptors (Lipinski definition) is 9. The van der Waals surface area contributed by atoms with Crippen LogP contribution in [0.4, 0.5) is 15.8 Å². The average molecular weight is 924 g/mol. The number of carbonyl (C=O) groups excluding carboxylic acids is 3. The van der Waals surface area contributed by atoms with E-state index in [1.807, 2.05) is 31.2 Å². The van der Waals surface area contributed by atoms with Gasteiger partial charge in [0.2, 0.25) is 5.91 Å². The van der Waals surface area contributed by atoms with Crippen LogP contribution in [0.15, 0.2) is 88.8 Å². The van der Waals surface area contributed by atoms with Gasteiger partial charge in [-0.2, -0.15) is 5.10 Å². The maximum absolute atomic E-state index is 14.3. The average Bonchev–Trinajstić information content (AvgIpc) is 3.98. The molecule has 1 saturated carbocycles. The largest absolute Gasteiger partial charge is 0.372 e. The van der Waals surface area contributed by atoms with Crippen LogP contribution in [-0.4, -0.2) is 75.2 Å². The molecule has 0 spiro atoms. The van der Waals surface area contributed by atoms with Crippen LogP contribution in [-0.2, 0) is 25.4 Å². The van der Waals surface area contributed by atoms with Crippen LogP contribution in [0, 0.1) is 17.7 Å². The van der Waals surface area contributed by atoms with Gasteiger partial charge in [-0.05, 0) is 130 Å². The van der Waals surface area contributed by atoms with Gasteiger partial charge in [0.15, 0.2) is 5.69 Å². The molecule has 18 heteroatoms. The van der Waals surface area contributed by atoms with Gasteiger partial charge in [-0.3, -0.25) is 23.5 Å². The molecule has 3 amide bonds. The van der Waals surface area contributed by atoms with E-state index in [4.69, 9.17) is 5.73 Å². The highest BCUT2D eigenvalue weighted by Crippen LogP contribution is 2.46. The molecule has 352 valence electrons. The summed E-state index contributed by atoms with van der Waals surface area (Å²) in [4.78, 5) is 71.4. The van der Waals surface area contributed by atoms with Crippen LogP contribution >= 0.6 is 0 Å². The quantitative estimate of drug-likeness (QED) is 0.132. The first-order chi connectivity index (χ1) is 32.8. The Kier molecular flexibility index (Phi) is 11.6. The van der Waals surface area contributed by atoms with Crippen molar-refractivity contribution in [2.75, 3.05) is 23.3 Å². The molecule has 4 aromatic heterocycles. The summed E-state index contributed by atoms with van der Waals surface area (Å²) < 4.78 is 22.5. The van der Waals surface area contributed by atoms with Crippen molar-refractivity contribution in [1.29, 1.82) is 0 Å². The Balaban J connectivity index is 0.903. The number of aromatic nitrogens is 7. The first kappa shape index (κ1) is 44.5. The number of rotatable bonds is 10. The van der Waals surface area contributed by atoms with Crippen LogP contribution in [0.5, 0.6) is 0 Å². The number of piperidine rings is 2. The number of primary amides is 1. The number of imidazole rings is 1. The van der Waals surface area contributed by atoms with Crippen LogP contribution in [0.3, 0.4) is 0 Å². The number of hydrogen-bond donors (Lipinski definition) is 4. The van der Waals surface area contributed by atoms with Crippen molar-refractivity contribution in [2.45, 2.75) is 83.0 Å². The van der Waals surface area contributed by atoms with Gasteiger partial charge in [0.25, 0.3) is 11.8 Å². The standard InChI is InChI=1S/C50H54FN11O6/c1-4-60-41(24-31-18-21-53-43(44(31)60)48(66)55-32-12-15-37(51)36(25-32)46(52)64)34-14-13-33(61-27-54-58(3)50(61)68)26-35(34)30-10-8-28(9-11-30)29-19-22-59(23-20-29)38-6-5-7-39-45(38)57(2)49(67)62(39)40-16-17-42(63)56-47(40)65/h5-7,12-15,18,21,24-30,40,47,65H,4,8-11,16-17,19-20,22-23H2,1-3H3,(H2,52,64)(H,55,66)(H,56,63). The molecular weight excluding hydrogens is 870 g/mol. The van der Waals surface area contributed by atoms with Gasteiger partial charge in [0, 0.05) is 68.7 Å². The summed E-state index contributed by atoms with van der Waals surface area (Å²) >= 11 is 0. The number of nitrogens with zero attached hydrogens (tertiary/aromatic N) is 8. The number of aryl methyl sites for hydroxylation is 3. The van der Waals surface area contributed by atoms with Gasteiger partial charge in [-0.25, -0.2) is 28.2 Å². The van der Waals surface area contributed by atoms with Crippen molar-refractivity contribution >= 4 is 51.0 Å². The number of aliphatic hydroxyl groups excluding tert-OH is 1. The third-order valence-electron chi connectivity index (χ3n) is 14.8. The fourth-order valence-electron chi connectivity index (χ4n) is 11.3. The number of amides is 3. The van der Waals surface area contributed by atoms with E-state index in [9.17, 15) is 33.5 Å². The van der Waals surface area contributed by atoms with Gasteiger partial charge in [0.1, 0.15) is 18.4 Å². The summed E-state index contributed by atoms with van der Waals surface area (Å²) in [5, 5.41) is 21.1. The highest BCUT2D eigenvalue weighted by Gasteiger charge is 2.35. The summed E-state index contributed by atoms with van der Waals surface area (Å²) in [6, 6.07) is 19.1. The number of nitrogens with two attached hydrogens (primary N) is 1. The number of benzene rings is 3. The van der Waals surface area contributed by atoms with Crippen LogP contribution in [0.25, 0.3) is 38.9 Å². The molecule has 2 atom stereocenters. The van der Waals surface area contributed by atoms with Gasteiger partial charge in [-0.15, -0.1) is 0 Å². The minimum atomic E-state index is -1.14. The van der Waals surface area contributed by atoms with Crippen molar-refractivity contribution in [3.63, 3.8) is 0 Å². The molecule has 0 radical (unpaired) electrons. The monoisotopic (exact) mass is 923 g/mol. The number of aliphatic hydroxyl groups is 1. The molecule has 3 aliphatic rings. The summed E-state index contributed by atoms with van der Waals surface area (Å²) in [5.74, 6) is -1.20. The Hall–Kier alpha value is -7.34. The number of para-hydroxylation sites is 1. The zero-order valence-electron chi connectivity index (χ0n) is 38.2. The normalized spacial score (nSPS) is 20.2. The SMILES string of the molecule is CCn1c(-c2ccc(-n3cnn(C)c3=O)cc2C2CCC(C3CCN(c4cccc5c4n(C)c(=O)n5C4CCC(=O)NC4O)CC3)CC2)cc2ccnc(C(=O)Nc3ccc(F)c(C(N)=O)c3)c21. The van der Waals surface area contributed by atoms with E-state index in [1.54, 1.807) is 34.0 Å². The minimum Gasteiger partial charge on any atom is -0.372 e. The lowest BCUT2D eigenvalue weighted by Crippen LogP contribution is -2.47. The molecule has 17 nitrogen and oxygen atoms in total. The van der Waals surface area contributed by atoms with E-state index in [0.29, 0.717) is 30.3 Å². The summed E-state index contributed by atoms with van der Waals surface area (Å²) in [6.07, 6.45) is 8.66. The molecule has 10 rings (SSSR count). The van der Waals surface area contributed by atoms with Crippen molar-refractivity contribution in [1.82, 2.24) is 38.3 Å². The Morgan fingerprint density at radius 1 is 0.897 bits per heavy atom. The highest BCUT2D eigenvalue weighted by molar-refractivity contribution is 6.11. The van der Waals surface area contributed by atoms with Crippen molar-refractivity contribution in [3.05, 3.63) is 123 Å². The number of pyridine rings is 1. The number of fused-ring (bicyclic) bond motifs is 2. The van der Waals surface area contributed by atoms with Gasteiger partial charge in [0.05, 0.1) is 39.5 Å². The third-order valence-corrected chi connectivity index (χ3v) is 14.8. The Morgan fingerprint density at radius 2 is 1.66 bits per heavy atom. The second-order valence-electron chi connectivity index (χ2n) is 18.5. The van der Waals surface area contributed by atoms with E-state index < -0.39 is 29.9 Å². The van der Waals surface area contributed by atoms with E-state index >= 15 is 0 Å². The topological polar surface area (TPSA) is 209 Å². The predicted octanol–water partition coefficient (Wildman–Crippen LogP) is 5.71. The maximum atomic E-state index is 14.3. The summed E-state index contributed by atoms with van der Waals surface area (Å²) in [7, 11) is 3.40. The molecular formula is C50H54FN11O6.